The van der Waals surface area contributed by atoms with Crippen molar-refractivity contribution in [3.63, 3.8) is 0 Å². The molecule has 1 saturated heterocycles. The molecule has 1 aliphatic carbocycles. The normalized spacial score (nSPS) is 24.6. The molecule has 1 saturated carbocycles. The van der Waals surface area contributed by atoms with Gasteiger partial charge >= 0.3 is 0 Å². The van der Waals surface area contributed by atoms with E-state index < -0.39 is 0 Å². The van der Waals surface area contributed by atoms with Crippen LogP contribution in [0.1, 0.15) is 39.0 Å². The first-order valence-corrected chi connectivity index (χ1v) is 6.35. The molecule has 0 spiro atoms. The quantitative estimate of drug-likeness (QED) is 0.701. The Morgan fingerprint density at radius 2 is 1.93 bits per heavy atom. The third kappa shape index (κ3) is 4.09. The number of hydrogen-bond donors (Lipinski definition) is 1. The van der Waals surface area contributed by atoms with Crippen molar-refractivity contribution in [2.75, 3.05) is 19.8 Å². The fourth-order valence-corrected chi connectivity index (χ4v) is 2.14. The van der Waals surface area contributed by atoms with Gasteiger partial charge in [0.05, 0.1) is 13.2 Å². The molecule has 1 aliphatic heterocycles. The highest BCUT2D eigenvalue weighted by Gasteiger charge is 2.28. The van der Waals surface area contributed by atoms with Gasteiger partial charge in [-0.3, -0.25) is 0 Å². The highest BCUT2D eigenvalue weighted by molar-refractivity contribution is 4.81. The molecular weight excluding hydrogens is 190 g/mol. The van der Waals surface area contributed by atoms with Crippen molar-refractivity contribution in [3.05, 3.63) is 0 Å². The Hall–Kier alpha value is -0.120. The Morgan fingerprint density at radius 3 is 2.53 bits per heavy atom. The SMILES string of the molecule is CCCNC(CC1CC1)CC1OCCO1. The summed E-state index contributed by atoms with van der Waals surface area (Å²) in [6.07, 6.45) is 6.44. The third-order valence-corrected chi connectivity index (χ3v) is 3.17. The van der Waals surface area contributed by atoms with E-state index in [2.05, 4.69) is 12.2 Å². The van der Waals surface area contributed by atoms with Crippen LogP contribution in [0.2, 0.25) is 0 Å². The summed E-state index contributed by atoms with van der Waals surface area (Å²) >= 11 is 0. The Bertz CT molecular complexity index is 176. The number of nitrogens with one attached hydrogen (secondary N) is 1. The summed E-state index contributed by atoms with van der Waals surface area (Å²) in [5.41, 5.74) is 0. The summed E-state index contributed by atoms with van der Waals surface area (Å²) in [5.74, 6) is 0.973. The molecule has 0 bridgehead atoms. The minimum absolute atomic E-state index is 0.0538. The minimum Gasteiger partial charge on any atom is -0.350 e. The maximum atomic E-state index is 5.50. The molecule has 3 nitrogen and oxygen atoms in total. The number of hydrogen-bond acceptors (Lipinski definition) is 3. The van der Waals surface area contributed by atoms with Crippen molar-refractivity contribution in [2.24, 2.45) is 5.92 Å². The summed E-state index contributed by atoms with van der Waals surface area (Å²) in [7, 11) is 0. The van der Waals surface area contributed by atoms with Gasteiger partial charge in [0, 0.05) is 12.5 Å². The second-order valence-corrected chi connectivity index (χ2v) is 4.74. The van der Waals surface area contributed by atoms with Gasteiger partial charge in [-0.15, -0.1) is 0 Å². The molecule has 2 rings (SSSR count). The van der Waals surface area contributed by atoms with Crippen molar-refractivity contribution < 1.29 is 9.47 Å². The highest BCUT2D eigenvalue weighted by Crippen LogP contribution is 2.34. The standard InChI is InChI=1S/C12H23NO2/c1-2-5-13-11(8-10-3-4-10)9-12-14-6-7-15-12/h10-13H,2-9H2,1H3. The first-order valence-electron chi connectivity index (χ1n) is 6.35. The van der Waals surface area contributed by atoms with E-state index in [4.69, 9.17) is 9.47 Å². The summed E-state index contributed by atoms with van der Waals surface area (Å²) in [6, 6.07) is 0.598. The predicted octanol–water partition coefficient (Wildman–Crippen LogP) is 1.92. The molecule has 0 amide bonds. The number of rotatable bonds is 7. The van der Waals surface area contributed by atoms with Gasteiger partial charge in [0.15, 0.2) is 6.29 Å². The molecule has 88 valence electrons. The molecule has 1 N–H and O–H groups in total. The second kappa shape index (κ2) is 5.83. The maximum Gasteiger partial charge on any atom is 0.159 e. The Morgan fingerprint density at radius 1 is 1.20 bits per heavy atom. The van der Waals surface area contributed by atoms with Crippen molar-refractivity contribution in [3.8, 4) is 0 Å². The van der Waals surface area contributed by atoms with Gasteiger partial charge in [-0.2, -0.15) is 0 Å². The predicted molar refractivity (Wildman–Crippen MR) is 59.7 cm³/mol. The van der Waals surface area contributed by atoms with Gasteiger partial charge in [0.25, 0.3) is 0 Å². The monoisotopic (exact) mass is 213 g/mol. The molecule has 15 heavy (non-hydrogen) atoms. The van der Waals surface area contributed by atoms with Crippen LogP contribution in [0.4, 0.5) is 0 Å². The van der Waals surface area contributed by atoms with Crippen molar-refractivity contribution >= 4 is 0 Å². The zero-order valence-corrected chi connectivity index (χ0v) is 9.71. The number of ether oxygens (including phenoxy) is 2. The van der Waals surface area contributed by atoms with E-state index in [1.165, 1.54) is 25.7 Å². The van der Waals surface area contributed by atoms with E-state index in [0.717, 1.165) is 32.1 Å². The minimum atomic E-state index is 0.0538. The molecule has 2 fully saturated rings. The fraction of sp³-hybridized carbons (Fsp3) is 1.00. The van der Waals surface area contributed by atoms with Gasteiger partial charge in [0.2, 0.25) is 0 Å². The van der Waals surface area contributed by atoms with Crippen molar-refractivity contribution in [1.29, 1.82) is 0 Å². The van der Waals surface area contributed by atoms with Crippen molar-refractivity contribution in [1.82, 2.24) is 5.32 Å². The average molecular weight is 213 g/mol. The van der Waals surface area contributed by atoms with E-state index in [-0.39, 0.29) is 6.29 Å². The summed E-state index contributed by atoms with van der Waals surface area (Å²) in [4.78, 5) is 0. The van der Waals surface area contributed by atoms with Gasteiger partial charge in [0.1, 0.15) is 0 Å². The van der Waals surface area contributed by atoms with Crippen LogP contribution in [0.15, 0.2) is 0 Å². The molecule has 0 aromatic carbocycles. The lowest BCUT2D eigenvalue weighted by Gasteiger charge is -2.21. The Balaban J connectivity index is 1.69. The molecule has 1 unspecified atom stereocenters. The van der Waals surface area contributed by atoms with Crippen LogP contribution >= 0.6 is 0 Å². The molecule has 3 heteroatoms. The lowest BCUT2D eigenvalue weighted by molar-refractivity contribution is -0.0534. The average Bonchev–Trinajstić information content (AvgIpc) is 2.90. The van der Waals surface area contributed by atoms with Crippen molar-refractivity contribution in [2.45, 2.75) is 51.4 Å². The van der Waals surface area contributed by atoms with Gasteiger partial charge in [-0.25, -0.2) is 0 Å². The zero-order chi connectivity index (χ0) is 10.5. The smallest absolute Gasteiger partial charge is 0.159 e. The van der Waals surface area contributed by atoms with E-state index in [0.29, 0.717) is 6.04 Å². The molecule has 2 aliphatic rings. The molecule has 0 aromatic heterocycles. The van der Waals surface area contributed by atoms with Crippen LogP contribution in [0.3, 0.4) is 0 Å². The first-order chi connectivity index (χ1) is 7.38. The van der Waals surface area contributed by atoms with Crippen LogP contribution < -0.4 is 5.32 Å². The lowest BCUT2D eigenvalue weighted by Crippen LogP contribution is -2.34. The molecule has 1 heterocycles. The van der Waals surface area contributed by atoms with Crippen LogP contribution in [-0.4, -0.2) is 32.1 Å². The molecule has 0 aromatic rings. The Kier molecular flexibility index (Phi) is 4.42. The van der Waals surface area contributed by atoms with E-state index in [9.17, 15) is 0 Å². The molecule has 1 atom stereocenters. The topological polar surface area (TPSA) is 30.5 Å². The Labute approximate surface area is 92.5 Å². The summed E-state index contributed by atoms with van der Waals surface area (Å²) < 4.78 is 11.0. The lowest BCUT2D eigenvalue weighted by atomic mass is 10.1. The summed E-state index contributed by atoms with van der Waals surface area (Å²) in [5, 5.41) is 3.61. The third-order valence-electron chi connectivity index (χ3n) is 3.17. The van der Waals surface area contributed by atoms with Crippen LogP contribution in [0, 0.1) is 5.92 Å². The second-order valence-electron chi connectivity index (χ2n) is 4.74. The van der Waals surface area contributed by atoms with Gasteiger partial charge in [-0.05, 0) is 25.3 Å². The van der Waals surface area contributed by atoms with E-state index in [1.807, 2.05) is 0 Å². The zero-order valence-electron chi connectivity index (χ0n) is 9.71. The van der Waals surface area contributed by atoms with Crippen LogP contribution in [-0.2, 0) is 9.47 Å². The van der Waals surface area contributed by atoms with Crippen LogP contribution in [0.5, 0.6) is 0 Å². The first kappa shape index (κ1) is 11.4. The molecule has 0 radical (unpaired) electrons. The highest BCUT2D eigenvalue weighted by atomic mass is 16.7. The largest absolute Gasteiger partial charge is 0.350 e. The van der Waals surface area contributed by atoms with Gasteiger partial charge in [-0.1, -0.05) is 19.8 Å². The van der Waals surface area contributed by atoms with E-state index >= 15 is 0 Å². The van der Waals surface area contributed by atoms with Gasteiger partial charge < -0.3 is 14.8 Å². The summed E-state index contributed by atoms with van der Waals surface area (Å²) in [6.45, 7) is 4.87. The molecular formula is C12H23NO2. The fourth-order valence-electron chi connectivity index (χ4n) is 2.14. The maximum absolute atomic E-state index is 5.50. The van der Waals surface area contributed by atoms with E-state index in [1.54, 1.807) is 0 Å². The van der Waals surface area contributed by atoms with Crippen LogP contribution in [0.25, 0.3) is 0 Å².